The van der Waals surface area contributed by atoms with Gasteiger partial charge in [-0.3, -0.25) is 10.1 Å². The number of nitro groups is 1. The lowest BCUT2D eigenvalue weighted by molar-refractivity contribution is -0.384. The molecule has 1 heterocycles. The first kappa shape index (κ1) is 16.6. The van der Waals surface area contributed by atoms with Gasteiger partial charge in [0, 0.05) is 12.5 Å². The van der Waals surface area contributed by atoms with E-state index in [0.717, 1.165) is 25.7 Å². The van der Waals surface area contributed by atoms with Crippen LogP contribution in [0.25, 0.3) is 0 Å². The lowest BCUT2D eigenvalue weighted by atomic mass is 10.2. The maximum Gasteiger partial charge on any atom is 0.348 e. The van der Waals surface area contributed by atoms with E-state index in [1.54, 1.807) is 0 Å². The molecule has 1 aromatic heterocycles. The quantitative estimate of drug-likeness (QED) is 0.446. The van der Waals surface area contributed by atoms with Gasteiger partial charge in [0.15, 0.2) is 0 Å². The summed E-state index contributed by atoms with van der Waals surface area (Å²) in [7, 11) is 0. The Bertz CT molecular complexity index is 464. The first-order chi connectivity index (χ1) is 9.53. The molecule has 7 heteroatoms. The molecule has 1 aromatic rings. The van der Waals surface area contributed by atoms with Gasteiger partial charge in [-0.15, -0.1) is 0 Å². The molecule has 0 fully saturated rings. The van der Waals surface area contributed by atoms with Gasteiger partial charge in [-0.25, -0.2) is 9.97 Å². The second kappa shape index (κ2) is 7.99. The maximum absolute atomic E-state index is 11.1. The van der Waals surface area contributed by atoms with Crippen LogP contribution in [0.5, 0.6) is 0 Å². The molecule has 0 unspecified atom stereocenters. The van der Waals surface area contributed by atoms with Gasteiger partial charge in [0.2, 0.25) is 11.0 Å². The molecule has 0 spiro atoms. The van der Waals surface area contributed by atoms with Crippen molar-refractivity contribution in [3.63, 3.8) is 0 Å². The fourth-order valence-electron chi connectivity index (χ4n) is 1.87. The number of unbranched alkanes of at least 4 members (excludes halogenated alkanes) is 1. The number of nitrogens with zero attached hydrogens (tertiary/aromatic N) is 3. The molecule has 1 N–H and O–H groups in total. The molecular formula is C13H21ClN4O2. The highest BCUT2D eigenvalue weighted by Gasteiger charge is 2.24. The van der Waals surface area contributed by atoms with Crippen LogP contribution in [0.2, 0.25) is 5.15 Å². The molecule has 0 amide bonds. The van der Waals surface area contributed by atoms with Gasteiger partial charge in [0.1, 0.15) is 5.82 Å². The van der Waals surface area contributed by atoms with Gasteiger partial charge >= 0.3 is 5.69 Å². The van der Waals surface area contributed by atoms with Crippen LogP contribution >= 0.6 is 11.6 Å². The summed E-state index contributed by atoms with van der Waals surface area (Å²) >= 11 is 5.95. The van der Waals surface area contributed by atoms with Gasteiger partial charge in [-0.2, -0.15) is 0 Å². The van der Waals surface area contributed by atoms with Crippen molar-refractivity contribution >= 4 is 23.1 Å². The minimum absolute atomic E-state index is 0.0930. The minimum Gasteiger partial charge on any atom is -0.361 e. The fraction of sp³-hybridized carbons (Fsp3) is 0.692. The Labute approximate surface area is 124 Å². The fourth-order valence-corrected chi connectivity index (χ4v) is 2.12. The smallest absolute Gasteiger partial charge is 0.348 e. The molecule has 0 aliphatic carbocycles. The summed E-state index contributed by atoms with van der Waals surface area (Å²) in [5.41, 5.74) is -0.237. The zero-order valence-electron chi connectivity index (χ0n) is 12.1. The Morgan fingerprint density at radius 3 is 2.45 bits per heavy atom. The van der Waals surface area contributed by atoms with E-state index in [0.29, 0.717) is 12.2 Å². The number of halogens is 1. The Kier molecular flexibility index (Phi) is 6.64. The van der Waals surface area contributed by atoms with Crippen LogP contribution in [0.15, 0.2) is 0 Å². The van der Waals surface area contributed by atoms with Crippen LogP contribution in [0.3, 0.4) is 0 Å². The van der Waals surface area contributed by atoms with Gasteiger partial charge in [-0.05, 0) is 19.3 Å². The first-order valence-electron chi connectivity index (χ1n) is 7.00. The molecule has 0 aliphatic heterocycles. The van der Waals surface area contributed by atoms with Crippen molar-refractivity contribution in [1.29, 1.82) is 0 Å². The molecule has 0 radical (unpaired) electrons. The van der Waals surface area contributed by atoms with E-state index in [9.17, 15) is 10.1 Å². The average molecular weight is 301 g/mol. The third-order valence-corrected chi connectivity index (χ3v) is 3.41. The summed E-state index contributed by atoms with van der Waals surface area (Å²) in [6.45, 7) is 6.11. The third-order valence-electron chi connectivity index (χ3n) is 3.15. The largest absolute Gasteiger partial charge is 0.361 e. The van der Waals surface area contributed by atoms with Crippen molar-refractivity contribution in [2.75, 3.05) is 5.32 Å². The average Bonchev–Trinajstić information content (AvgIpc) is 2.41. The van der Waals surface area contributed by atoms with Crippen molar-refractivity contribution in [2.45, 2.75) is 58.9 Å². The number of hydrogen-bond acceptors (Lipinski definition) is 5. The summed E-state index contributed by atoms with van der Waals surface area (Å²) in [5, 5.41) is 14.1. The number of aromatic nitrogens is 2. The molecule has 0 atom stereocenters. The normalized spacial score (nSPS) is 10.8. The highest BCUT2D eigenvalue weighted by atomic mass is 35.5. The van der Waals surface area contributed by atoms with E-state index >= 15 is 0 Å². The van der Waals surface area contributed by atoms with Crippen LogP contribution in [0.4, 0.5) is 11.5 Å². The second-order valence-corrected chi connectivity index (χ2v) is 5.00. The molecular weight excluding hydrogens is 280 g/mol. The van der Waals surface area contributed by atoms with Crippen molar-refractivity contribution in [1.82, 2.24) is 9.97 Å². The van der Waals surface area contributed by atoms with E-state index in [1.165, 1.54) is 0 Å². The van der Waals surface area contributed by atoms with Crippen molar-refractivity contribution in [3.05, 3.63) is 21.1 Å². The van der Waals surface area contributed by atoms with E-state index in [2.05, 4.69) is 22.2 Å². The summed E-state index contributed by atoms with van der Waals surface area (Å²) < 4.78 is 0. The number of aryl methyl sites for hydroxylation is 1. The Hall–Kier alpha value is -1.43. The van der Waals surface area contributed by atoms with Crippen LogP contribution < -0.4 is 5.32 Å². The molecule has 6 nitrogen and oxygen atoms in total. The molecule has 0 aromatic carbocycles. The monoisotopic (exact) mass is 300 g/mol. The van der Waals surface area contributed by atoms with E-state index in [-0.39, 0.29) is 22.7 Å². The Morgan fingerprint density at radius 2 is 1.95 bits per heavy atom. The molecule has 0 saturated carbocycles. The van der Waals surface area contributed by atoms with Gasteiger partial charge in [0.05, 0.1) is 4.92 Å². The summed E-state index contributed by atoms with van der Waals surface area (Å²) in [5.74, 6) is 0.783. The van der Waals surface area contributed by atoms with Crippen LogP contribution in [-0.4, -0.2) is 20.9 Å². The highest BCUT2D eigenvalue weighted by Crippen LogP contribution is 2.30. The van der Waals surface area contributed by atoms with Crippen LogP contribution in [0, 0.1) is 10.1 Å². The summed E-state index contributed by atoms with van der Waals surface area (Å²) in [4.78, 5) is 18.9. The maximum atomic E-state index is 11.1. The highest BCUT2D eigenvalue weighted by molar-refractivity contribution is 6.31. The topological polar surface area (TPSA) is 81.0 Å². The summed E-state index contributed by atoms with van der Waals surface area (Å²) in [6.07, 6.45) is 4.33. The molecule has 0 bridgehead atoms. The first-order valence-corrected chi connectivity index (χ1v) is 7.38. The zero-order chi connectivity index (χ0) is 15.1. The van der Waals surface area contributed by atoms with Crippen molar-refractivity contribution in [3.8, 4) is 0 Å². The Morgan fingerprint density at radius 1 is 1.30 bits per heavy atom. The molecule has 1 rings (SSSR count). The van der Waals surface area contributed by atoms with E-state index < -0.39 is 4.92 Å². The summed E-state index contributed by atoms with van der Waals surface area (Å²) in [6, 6.07) is 0.138. The van der Waals surface area contributed by atoms with Crippen LogP contribution in [0.1, 0.15) is 52.3 Å². The predicted octanol–water partition coefficient (Wildman–Crippen LogP) is 3.98. The second-order valence-electron chi connectivity index (χ2n) is 4.65. The van der Waals surface area contributed by atoms with Gasteiger partial charge in [-0.1, -0.05) is 38.8 Å². The molecule has 20 heavy (non-hydrogen) atoms. The van der Waals surface area contributed by atoms with Crippen molar-refractivity contribution in [2.24, 2.45) is 0 Å². The predicted molar refractivity (Wildman–Crippen MR) is 80.3 cm³/mol. The molecule has 112 valence electrons. The number of rotatable bonds is 8. The van der Waals surface area contributed by atoms with Crippen molar-refractivity contribution < 1.29 is 4.92 Å². The van der Waals surface area contributed by atoms with Crippen LogP contribution in [-0.2, 0) is 6.42 Å². The number of nitrogens with one attached hydrogen (secondary N) is 1. The zero-order valence-corrected chi connectivity index (χ0v) is 12.9. The minimum atomic E-state index is -0.531. The van der Waals surface area contributed by atoms with Gasteiger partial charge in [0.25, 0.3) is 0 Å². The number of anilines is 1. The SMILES string of the molecule is CCCCc1nc(Cl)c([N+](=O)[O-])c(NC(CC)CC)n1. The standard InChI is InChI=1S/C13H21ClN4O2/c1-4-7-8-10-16-12(14)11(18(19)20)13(17-10)15-9(5-2)6-3/h9H,4-8H2,1-3H3,(H,15,16,17). The van der Waals surface area contributed by atoms with E-state index in [1.807, 2.05) is 13.8 Å². The molecule has 0 aliphatic rings. The lowest BCUT2D eigenvalue weighted by Gasteiger charge is -2.16. The lowest BCUT2D eigenvalue weighted by Crippen LogP contribution is -2.20. The third kappa shape index (κ3) is 4.30. The van der Waals surface area contributed by atoms with Gasteiger partial charge < -0.3 is 5.32 Å². The molecule has 0 saturated heterocycles. The van der Waals surface area contributed by atoms with E-state index in [4.69, 9.17) is 11.6 Å². The Balaban J connectivity index is 3.14. The number of hydrogen-bond donors (Lipinski definition) is 1.